The van der Waals surface area contributed by atoms with Gasteiger partial charge in [-0.05, 0) is 24.1 Å². The van der Waals surface area contributed by atoms with Crippen molar-refractivity contribution in [1.29, 1.82) is 0 Å². The van der Waals surface area contributed by atoms with Gasteiger partial charge in [-0.3, -0.25) is 0 Å². The minimum Gasteiger partial charge on any atom is -0.493 e. The van der Waals surface area contributed by atoms with Crippen LogP contribution < -0.4 is 10.5 Å². The van der Waals surface area contributed by atoms with E-state index in [0.29, 0.717) is 18.9 Å². The van der Waals surface area contributed by atoms with E-state index in [1.165, 1.54) is 5.56 Å². The Hall–Kier alpha value is -1.97. The molecule has 1 aromatic carbocycles. The second kappa shape index (κ2) is 5.39. The summed E-state index contributed by atoms with van der Waals surface area (Å²) in [6, 6.07) is 9.82. The van der Waals surface area contributed by atoms with Gasteiger partial charge in [0.1, 0.15) is 5.75 Å². The van der Waals surface area contributed by atoms with Crippen molar-refractivity contribution in [2.75, 3.05) is 12.3 Å². The van der Waals surface area contributed by atoms with Gasteiger partial charge in [0.2, 0.25) is 5.88 Å². The summed E-state index contributed by atoms with van der Waals surface area (Å²) in [4.78, 5) is 0. The lowest BCUT2D eigenvalue weighted by atomic mass is 10.2. The second-order valence-corrected chi connectivity index (χ2v) is 3.82. The van der Waals surface area contributed by atoms with Crippen LogP contribution in [0.4, 0.5) is 5.88 Å². The average molecular weight is 232 g/mol. The molecule has 17 heavy (non-hydrogen) atoms. The number of aryl methyl sites for hydroxylation is 1. The first-order chi connectivity index (χ1) is 8.28. The predicted octanol–water partition coefficient (Wildman–Crippen LogP) is 2.44. The number of nitrogens with zero attached hydrogens (tertiary/aromatic N) is 1. The molecule has 4 nitrogen and oxygen atoms in total. The molecule has 2 N–H and O–H groups in total. The van der Waals surface area contributed by atoms with Crippen LogP contribution in [0.2, 0.25) is 0 Å². The Bertz CT molecular complexity index is 463. The number of rotatable bonds is 5. The first-order valence-corrected chi connectivity index (χ1v) is 5.70. The number of hydrogen-bond acceptors (Lipinski definition) is 4. The first-order valence-electron chi connectivity index (χ1n) is 5.70. The van der Waals surface area contributed by atoms with E-state index in [4.69, 9.17) is 15.0 Å². The molecule has 2 aromatic rings. The standard InChI is InChI=1S/C13H16N2O2/c1-2-10-3-5-12(6-4-10)16-8-7-11-9-13(14)17-15-11/h3-6,9H,2,7-8,14H2,1H3. The van der Waals surface area contributed by atoms with Gasteiger partial charge in [0, 0.05) is 12.5 Å². The summed E-state index contributed by atoms with van der Waals surface area (Å²) in [5, 5.41) is 3.79. The van der Waals surface area contributed by atoms with Crippen LogP contribution in [0.25, 0.3) is 0 Å². The maximum Gasteiger partial charge on any atom is 0.222 e. The molecule has 0 radical (unpaired) electrons. The van der Waals surface area contributed by atoms with Crippen molar-refractivity contribution in [2.45, 2.75) is 19.8 Å². The smallest absolute Gasteiger partial charge is 0.222 e. The minimum atomic E-state index is 0.340. The molecular formula is C13H16N2O2. The lowest BCUT2D eigenvalue weighted by molar-refractivity contribution is 0.316. The van der Waals surface area contributed by atoms with Crippen molar-refractivity contribution in [3.05, 3.63) is 41.6 Å². The second-order valence-electron chi connectivity index (χ2n) is 3.82. The summed E-state index contributed by atoms with van der Waals surface area (Å²) in [7, 11) is 0. The van der Waals surface area contributed by atoms with Crippen LogP contribution >= 0.6 is 0 Å². The Labute approximate surface area is 100 Å². The molecule has 0 aliphatic rings. The Balaban J connectivity index is 1.81. The zero-order chi connectivity index (χ0) is 12.1. The third-order valence-electron chi connectivity index (χ3n) is 2.54. The van der Waals surface area contributed by atoms with Gasteiger partial charge in [-0.25, -0.2) is 0 Å². The zero-order valence-electron chi connectivity index (χ0n) is 9.85. The van der Waals surface area contributed by atoms with Gasteiger partial charge in [-0.2, -0.15) is 0 Å². The number of benzene rings is 1. The van der Waals surface area contributed by atoms with E-state index in [0.717, 1.165) is 17.9 Å². The summed E-state index contributed by atoms with van der Waals surface area (Å²) in [5.74, 6) is 1.21. The number of anilines is 1. The number of hydrogen-bond donors (Lipinski definition) is 1. The van der Waals surface area contributed by atoms with Gasteiger partial charge >= 0.3 is 0 Å². The largest absolute Gasteiger partial charge is 0.493 e. The molecule has 1 heterocycles. The van der Waals surface area contributed by atoms with E-state index in [1.54, 1.807) is 6.07 Å². The summed E-state index contributed by atoms with van der Waals surface area (Å²) in [5.41, 5.74) is 7.54. The molecule has 0 fully saturated rings. The summed E-state index contributed by atoms with van der Waals surface area (Å²) < 4.78 is 10.4. The molecule has 0 aliphatic heterocycles. The molecule has 0 aliphatic carbocycles. The topological polar surface area (TPSA) is 61.3 Å². The monoisotopic (exact) mass is 232 g/mol. The van der Waals surface area contributed by atoms with E-state index in [2.05, 4.69) is 24.2 Å². The highest BCUT2D eigenvalue weighted by Gasteiger charge is 2.01. The first kappa shape index (κ1) is 11.5. The fourth-order valence-corrected chi connectivity index (χ4v) is 1.54. The van der Waals surface area contributed by atoms with Crippen molar-refractivity contribution >= 4 is 5.88 Å². The van der Waals surface area contributed by atoms with Crippen LogP contribution in [0.3, 0.4) is 0 Å². The molecule has 0 bridgehead atoms. The molecule has 0 atom stereocenters. The van der Waals surface area contributed by atoms with Crippen LogP contribution in [0, 0.1) is 0 Å². The Morgan fingerprint density at radius 3 is 2.65 bits per heavy atom. The van der Waals surface area contributed by atoms with Crippen LogP contribution in [0.5, 0.6) is 5.75 Å². The predicted molar refractivity (Wildman–Crippen MR) is 65.9 cm³/mol. The molecule has 2 rings (SSSR count). The van der Waals surface area contributed by atoms with Crippen molar-refractivity contribution in [1.82, 2.24) is 5.16 Å². The van der Waals surface area contributed by atoms with Crippen LogP contribution in [-0.2, 0) is 12.8 Å². The number of ether oxygens (including phenoxy) is 1. The van der Waals surface area contributed by atoms with E-state index >= 15 is 0 Å². The average Bonchev–Trinajstić information content (AvgIpc) is 2.76. The zero-order valence-corrected chi connectivity index (χ0v) is 9.85. The Morgan fingerprint density at radius 2 is 2.06 bits per heavy atom. The van der Waals surface area contributed by atoms with Crippen molar-refractivity contribution in [2.24, 2.45) is 0 Å². The Kier molecular flexibility index (Phi) is 3.65. The normalized spacial score (nSPS) is 10.4. The van der Waals surface area contributed by atoms with Crippen LogP contribution in [-0.4, -0.2) is 11.8 Å². The molecule has 0 saturated carbocycles. The molecular weight excluding hydrogens is 216 g/mol. The molecule has 1 aromatic heterocycles. The maximum atomic E-state index is 5.60. The van der Waals surface area contributed by atoms with E-state index in [9.17, 15) is 0 Å². The summed E-state index contributed by atoms with van der Waals surface area (Å²) in [6.07, 6.45) is 1.73. The van der Waals surface area contributed by atoms with Gasteiger partial charge in [0.15, 0.2) is 0 Å². The molecule has 0 spiro atoms. The third-order valence-corrected chi connectivity index (χ3v) is 2.54. The summed E-state index contributed by atoms with van der Waals surface area (Å²) >= 11 is 0. The number of nitrogen functional groups attached to an aromatic ring is 1. The molecule has 0 saturated heterocycles. The maximum absolute atomic E-state index is 5.60. The van der Waals surface area contributed by atoms with Crippen LogP contribution in [0.15, 0.2) is 34.9 Å². The molecule has 0 amide bonds. The molecule has 90 valence electrons. The van der Waals surface area contributed by atoms with Gasteiger partial charge in [0.05, 0.1) is 12.3 Å². The fraction of sp³-hybridized carbons (Fsp3) is 0.308. The Morgan fingerprint density at radius 1 is 1.29 bits per heavy atom. The van der Waals surface area contributed by atoms with Crippen molar-refractivity contribution < 1.29 is 9.26 Å². The lowest BCUT2D eigenvalue weighted by Crippen LogP contribution is -2.01. The highest BCUT2D eigenvalue weighted by molar-refractivity contribution is 5.27. The highest BCUT2D eigenvalue weighted by Crippen LogP contribution is 2.13. The van der Waals surface area contributed by atoms with Crippen molar-refractivity contribution in [3.8, 4) is 5.75 Å². The van der Waals surface area contributed by atoms with E-state index in [1.807, 2.05) is 12.1 Å². The van der Waals surface area contributed by atoms with Crippen molar-refractivity contribution in [3.63, 3.8) is 0 Å². The van der Waals surface area contributed by atoms with Crippen LogP contribution in [0.1, 0.15) is 18.2 Å². The van der Waals surface area contributed by atoms with Gasteiger partial charge in [0.25, 0.3) is 0 Å². The van der Waals surface area contributed by atoms with E-state index < -0.39 is 0 Å². The summed E-state index contributed by atoms with van der Waals surface area (Å²) in [6.45, 7) is 2.70. The quantitative estimate of drug-likeness (QED) is 0.860. The number of aromatic nitrogens is 1. The molecule has 0 unspecified atom stereocenters. The molecule has 4 heteroatoms. The highest BCUT2D eigenvalue weighted by atomic mass is 16.5. The SMILES string of the molecule is CCc1ccc(OCCc2cc(N)on2)cc1. The van der Waals surface area contributed by atoms with Gasteiger partial charge in [-0.1, -0.05) is 24.2 Å². The number of nitrogens with two attached hydrogens (primary N) is 1. The fourth-order valence-electron chi connectivity index (χ4n) is 1.54. The minimum absolute atomic E-state index is 0.340. The lowest BCUT2D eigenvalue weighted by Gasteiger charge is -2.05. The van der Waals surface area contributed by atoms with E-state index in [-0.39, 0.29) is 0 Å². The van der Waals surface area contributed by atoms with Gasteiger partial charge in [-0.15, -0.1) is 0 Å². The third kappa shape index (κ3) is 3.24. The van der Waals surface area contributed by atoms with Gasteiger partial charge < -0.3 is 15.0 Å².